The highest BCUT2D eigenvalue weighted by Crippen LogP contribution is 2.49. The highest BCUT2D eigenvalue weighted by atomic mass is 127. The van der Waals surface area contributed by atoms with Crippen molar-refractivity contribution in [1.29, 1.82) is 0 Å². The van der Waals surface area contributed by atoms with Gasteiger partial charge in [-0.1, -0.05) is 13.3 Å². The third-order valence-electron chi connectivity index (χ3n) is 6.18. The van der Waals surface area contributed by atoms with Crippen LogP contribution < -0.4 is 10.6 Å². The Morgan fingerprint density at radius 2 is 2.04 bits per heavy atom. The molecule has 5 nitrogen and oxygen atoms in total. The van der Waals surface area contributed by atoms with Crippen LogP contribution in [0.4, 0.5) is 0 Å². The molecule has 1 aliphatic heterocycles. The first-order valence-electron chi connectivity index (χ1n) is 10.0. The van der Waals surface area contributed by atoms with E-state index >= 15 is 0 Å². The summed E-state index contributed by atoms with van der Waals surface area (Å²) in [4.78, 5) is 18.6. The summed E-state index contributed by atoms with van der Waals surface area (Å²) in [6, 6.07) is 0.334. The van der Waals surface area contributed by atoms with Gasteiger partial charge in [-0.2, -0.15) is 0 Å². The van der Waals surface area contributed by atoms with E-state index < -0.39 is 0 Å². The van der Waals surface area contributed by atoms with Crippen LogP contribution in [-0.2, 0) is 4.79 Å². The van der Waals surface area contributed by atoms with Crippen molar-refractivity contribution in [3.8, 4) is 0 Å². The van der Waals surface area contributed by atoms with Crippen molar-refractivity contribution in [3.63, 3.8) is 0 Å². The Labute approximate surface area is 169 Å². The van der Waals surface area contributed by atoms with E-state index in [0.29, 0.717) is 12.5 Å². The zero-order chi connectivity index (χ0) is 16.9. The molecule has 3 aliphatic rings. The summed E-state index contributed by atoms with van der Waals surface area (Å²) in [5.41, 5.74) is 0. The molecular weight excluding hydrogens is 427 g/mol. The van der Waals surface area contributed by atoms with E-state index in [1.807, 2.05) is 11.8 Å². The standard InChI is InChI=1S/C19H34N4O.HI/c1-3-18(24)23-10-8-17(13-23)22-19(20-4-2)21-9-7-16-12-14-5-6-15(16)11-14;/h14-17H,3-13H2,1-2H3,(H2,20,21,22);1H. The molecule has 1 heterocycles. The van der Waals surface area contributed by atoms with Gasteiger partial charge in [0, 0.05) is 38.6 Å². The number of rotatable bonds is 6. The maximum absolute atomic E-state index is 11.8. The van der Waals surface area contributed by atoms with Gasteiger partial charge in [-0.3, -0.25) is 9.79 Å². The van der Waals surface area contributed by atoms with Gasteiger partial charge in [-0.15, -0.1) is 24.0 Å². The predicted octanol–water partition coefficient (Wildman–Crippen LogP) is 3.00. The minimum absolute atomic E-state index is 0. The average Bonchev–Trinajstić information content (AvgIpc) is 3.31. The summed E-state index contributed by atoms with van der Waals surface area (Å²) in [5.74, 6) is 4.12. The van der Waals surface area contributed by atoms with Gasteiger partial charge in [0.2, 0.25) is 5.91 Å². The Morgan fingerprint density at radius 1 is 1.20 bits per heavy atom. The maximum Gasteiger partial charge on any atom is 0.222 e. The number of likely N-dealkylation sites (tertiary alicyclic amines) is 1. The van der Waals surface area contributed by atoms with Gasteiger partial charge in [-0.05, 0) is 56.8 Å². The van der Waals surface area contributed by atoms with Crippen LogP contribution in [0.15, 0.2) is 4.99 Å². The number of nitrogens with one attached hydrogen (secondary N) is 2. The molecule has 2 aliphatic carbocycles. The molecule has 0 aromatic rings. The summed E-state index contributed by atoms with van der Waals surface area (Å²) in [6.45, 7) is 7.52. The number of nitrogens with zero attached hydrogens (tertiary/aromatic N) is 2. The van der Waals surface area contributed by atoms with Crippen molar-refractivity contribution in [3.05, 3.63) is 0 Å². The first kappa shape index (κ1) is 20.8. The zero-order valence-electron chi connectivity index (χ0n) is 15.8. The highest BCUT2D eigenvalue weighted by molar-refractivity contribution is 14.0. The van der Waals surface area contributed by atoms with Gasteiger partial charge in [0.25, 0.3) is 0 Å². The molecule has 3 fully saturated rings. The SMILES string of the molecule is CCNC(=NCCC1CC2CCC1C2)NC1CCN(C(=O)CC)C1.I. The number of carbonyl (C=O) groups excluding carboxylic acids is 1. The fraction of sp³-hybridized carbons (Fsp3) is 0.895. The maximum atomic E-state index is 11.8. The Bertz CT molecular complexity index is 470. The van der Waals surface area contributed by atoms with Crippen molar-refractivity contribution in [2.24, 2.45) is 22.7 Å². The lowest BCUT2D eigenvalue weighted by Gasteiger charge is -2.21. The lowest BCUT2D eigenvalue weighted by Crippen LogP contribution is -2.45. The second-order valence-electron chi connectivity index (χ2n) is 7.81. The normalized spacial score (nSPS) is 31.1. The molecule has 1 saturated heterocycles. The highest BCUT2D eigenvalue weighted by Gasteiger charge is 2.38. The average molecular weight is 462 g/mol. The van der Waals surface area contributed by atoms with E-state index in [4.69, 9.17) is 4.99 Å². The summed E-state index contributed by atoms with van der Waals surface area (Å²) in [7, 11) is 0. The molecule has 0 aromatic carbocycles. The van der Waals surface area contributed by atoms with Gasteiger partial charge in [0.1, 0.15) is 0 Å². The monoisotopic (exact) mass is 462 g/mol. The molecule has 6 heteroatoms. The van der Waals surface area contributed by atoms with E-state index in [0.717, 1.165) is 56.3 Å². The molecule has 3 rings (SSSR count). The Balaban J connectivity index is 0.00000225. The van der Waals surface area contributed by atoms with Gasteiger partial charge in [0.05, 0.1) is 0 Å². The van der Waals surface area contributed by atoms with E-state index in [2.05, 4.69) is 17.6 Å². The summed E-state index contributed by atoms with van der Waals surface area (Å²) in [6.07, 6.45) is 8.72. The van der Waals surface area contributed by atoms with Gasteiger partial charge < -0.3 is 15.5 Å². The third-order valence-corrected chi connectivity index (χ3v) is 6.18. The number of guanidine groups is 1. The van der Waals surface area contributed by atoms with Gasteiger partial charge in [0.15, 0.2) is 5.96 Å². The Morgan fingerprint density at radius 3 is 2.68 bits per heavy atom. The number of hydrogen-bond donors (Lipinski definition) is 2. The number of carbonyl (C=O) groups is 1. The van der Waals surface area contributed by atoms with Crippen LogP contribution in [0.25, 0.3) is 0 Å². The molecule has 1 amide bonds. The number of halogens is 1. The van der Waals surface area contributed by atoms with Crippen molar-refractivity contribution < 1.29 is 4.79 Å². The Hall–Kier alpha value is -0.530. The van der Waals surface area contributed by atoms with Crippen molar-refractivity contribution in [2.75, 3.05) is 26.2 Å². The van der Waals surface area contributed by atoms with Gasteiger partial charge in [-0.25, -0.2) is 0 Å². The molecule has 0 radical (unpaired) electrons. The molecule has 0 aromatic heterocycles. The summed E-state index contributed by atoms with van der Waals surface area (Å²) < 4.78 is 0. The largest absolute Gasteiger partial charge is 0.357 e. The smallest absolute Gasteiger partial charge is 0.222 e. The number of amides is 1. The number of aliphatic imine (C=N–C) groups is 1. The quantitative estimate of drug-likeness (QED) is 0.363. The van der Waals surface area contributed by atoms with Crippen LogP contribution in [0.3, 0.4) is 0 Å². The Kier molecular flexibility index (Phi) is 8.29. The van der Waals surface area contributed by atoms with Crippen LogP contribution in [0.1, 0.15) is 58.8 Å². The molecule has 25 heavy (non-hydrogen) atoms. The molecule has 2 bridgehead atoms. The molecule has 0 spiro atoms. The fourth-order valence-corrected chi connectivity index (χ4v) is 4.91. The van der Waals surface area contributed by atoms with Gasteiger partial charge >= 0.3 is 0 Å². The summed E-state index contributed by atoms with van der Waals surface area (Å²) >= 11 is 0. The van der Waals surface area contributed by atoms with Crippen LogP contribution in [0.2, 0.25) is 0 Å². The van der Waals surface area contributed by atoms with Crippen LogP contribution in [-0.4, -0.2) is 49.0 Å². The second kappa shape index (κ2) is 9.97. The van der Waals surface area contributed by atoms with Crippen LogP contribution in [0.5, 0.6) is 0 Å². The first-order valence-corrected chi connectivity index (χ1v) is 10.0. The molecule has 4 unspecified atom stereocenters. The minimum atomic E-state index is 0. The first-order chi connectivity index (χ1) is 11.7. The molecule has 4 atom stereocenters. The van der Waals surface area contributed by atoms with E-state index in [9.17, 15) is 4.79 Å². The lowest BCUT2D eigenvalue weighted by molar-refractivity contribution is -0.129. The second-order valence-corrected chi connectivity index (χ2v) is 7.81. The van der Waals surface area contributed by atoms with Crippen molar-refractivity contribution in [2.45, 2.75) is 64.8 Å². The fourth-order valence-electron chi connectivity index (χ4n) is 4.91. The van der Waals surface area contributed by atoms with Crippen molar-refractivity contribution >= 4 is 35.8 Å². The van der Waals surface area contributed by atoms with Crippen molar-refractivity contribution in [1.82, 2.24) is 15.5 Å². The number of hydrogen-bond acceptors (Lipinski definition) is 2. The lowest BCUT2D eigenvalue weighted by atomic mass is 9.86. The number of fused-ring (bicyclic) bond motifs is 2. The summed E-state index contributed by atoms with van der Waals surface area (Å²) in [5, 5.41) is 6.89. The molecule has 2 N–H and O–H groups in total. The van der Waals surface area contributed by atoms with Crippen LogP contribution >= 0.6 is 24.0 Å². The third kappa shape index (κ3) is 5.47. The molecule has 144 valence electrons. The predicted molar refractivity (Wildman–Crippen MR) is 113 cm³/mol. The molecule has 2 saturated carbocycles. The minimum Gasteiger partial charge on any atom is -0.357 e. The van der Waals surface area contributed by atoms with E-state index in [1.54, 1.807) is 0 Å². The van der Waals surface area contributed by atoms with E-state index in [-0.39, 0.29) is 29.9 Å². The topological polar surface area (TPSA) is 56.7 Å². The zero-order valence-corrected chi connectivity index (χ0v) is 18.1. The molecular formula is C19H35IN4O. The van der Waals surface area contributed by atoms with E-state index in [1.165, 1.54) is 32.1 Å². The van der Waals surface area contributed by atoms with Crippen LogP contribution in [0, 0.1) is 17.8 Å².